The van der Waals surface area contributed by atoms with Crippen LogP contribution in [0.3, 0.4) is 0 Å². The first kappa shape index (κ1) is 23.3. The summed E-state index contributed by atoms with van der Waals surface area (Å²) >= 11 is 6.08. The van der Waals surface area contributed by atoms with Crippen LogP contribution in [-0.4, -0.2) is 40.9 Å². The van der Waals surface area contributed by atoms with Crippen LogP contribution in [0.1, 0.15) is 48.0 Å². The molecule has 3 heterocycles. The van der Waals surface area contributed by atoms with E-state index in [4.69, 9.17) is 11.6 Å². The molecule has 2 aliphatic rings. The van der Waals surface area contributed by atoms with Crippen LogP contribution in [0.15, 0.2) is 30.6 Å². The van der Waals surface area contributed by atoms with Crippen LogP contribution in [-0.2, 0) is 11.0 Å². The molecular formula is C22H23ClF3N5O2. The zero-order chi connectivity index (χ0) is 23.6. The number of halogens is 4. The van der Waals surface area contributed by atoms with Gasteiger partial charge in [-0.3, -0.25) is 9.59 Å². The Labute approximate surface area is 193 Å². The van der Waals surface area contributed by atoms with Gasteiger partial charge in [0.15, 0.2) is 0 Å². The SMILES string of the molecule is O=C(NC1CCCN(c2ncc(C(F)(F)F)cc2Cl)C1)c1ccnc(NC(=O)C2CCC2)c1. The minimum absolute atomic E-state index is 0.00290. The predicted molar refractivity (Wildman–Crippen MR) is 117 cm³/mol. The third-order valence-electron chi connectivity index (χ3n) is 5.95. The molecule has 1 aliphatic carbocycles. The summed E-state index contributed by atoms with van der Waals surface area (Å²) in [7, 11) is 0. The molecule has 1 unspecified atom stereocenters. The second-order valence-corrected chi connectivity index (χ2v) is 8.74. The maximum Gasteiger partial charge on any atom is 0.417 e. The smallest absolute Gasteiger partial charge is 0.353 e. The van der Waals surface area contributed by atoms with E-state index in [1.54, 1.807) is 11.0 Å². The molecule has 4 rings (SSSR count). The number of piperidine rings is 1. The lowest BCUT2D eigenvalue weighted by Crippen LogP contribution is -2.48. The van der Waals surface area contributed by atoms with Gasteiger partial charge in [0.05, 0.1) is 10.6 Å². The summed E-state index contributed by atoms with van der Waals surface area (Å²) in [5, 5.41) is 5.61. The van der Waals surface area contributed by atoms with Crippen molar-refractivity contribution in [2.75, 3.05) is 23.3 Å². The fourth-order valence-corrected chi connectivity index (χ4v) is 4.20. The minimum Gasteiger partial charge on any atom is -0.353 e. The topological polar surface area (TPSA) is 87.2 Å². The van der Waals surface area contributed by atoms with Crippen molar-refractivity contribution in [1.82, 2.24) is 15.3 Å². The lowest BCUT2D eigenvalue weighted by Gasteiger charge is -2.34. The number of nitrogens with one attached hydrogen (secondary N) is 2. The zero-order valence-electron chi connectivity index (χ0n) is 17.7. The van der Waals surface area contributed by atoms with Gasteiger partial charge < -0.3 is 15.5 Å². The molecule has 0 aromatic carbocycles. The molecular weight excluding hydrogens is 459 g/mol. The molecule has 176 valence electrons. The molecule has 1 saturated carbocycles. The van der Waals surface area contributed by atoms with Gasteiger partial charge in [-0.15, -0.1) is 0 Å². The Morgan fingerprint density at radius 3 is 2.58 bits per heavy atom. The van der Waals surface area contributed by atoms with Crippen molar-refractivity contribution in [3.05, 3.63) is 46.7 Å². The Morgan fingerprint density at radius 1 is 1.12 bits per heavy atom. The van der Waals surface area contributed by atoms with Gasteiger partial charge in [-0.1, -0.05) is 18.0 Å². The quantitative estimate of drug-likeness (QED) is 0.665. The van der Waals surface area contributed by atoms with Crippen molar-refractivity contribution in [3.8, 4) is 0 Å². The van der Waals surface area contributed by atoms with Crippen molar-refractivity contribution in [2.24, 2.45) is 5.92 Å². The van der Waals surface area contributed by atoms with Crippen molar-refractivity contribution >= 4 is 35.1 Å². The number of hydrogen-bond acceptors (Lipinski definition) is 5. The monoisotopic (exact) mass is 481 g/mol. The van der Waals surface area contributed by atoms with Gasteiger partial charge in [-0.05, 0) is 43.9 Å². The summed E-state index contributed by atoms with van der Waals surface area (Å²) in [4.78, 5) is 34.7. The summed E-state index contributed by atoms with van der Waals surface area (Å²) in [5.74, 6) is 0.173. The van der Waals surface area contributed by atoms with E-state index in [1.165, 1.54) is 12.3 Å². The van der Waals surface area contributed by atoms with Gasteiger partial charge in [-0.25, -0.2) is 9.97 Å². The normalized spacial score (nSPS) is 19.0. The van der Waals surface area contributed by atoms with Crippen molar-refractivity contribution in [3.63, 3.8) is 0 Å². The highest BCUT2D eigenvalue weighted by molar-refractivity contribution is 6.33. The third-order valence-corrected chi connectivity index (χ3v) is 6.23. The van der Waals surface area contributed by atoms with Crippen LogP contribution in [0.5, 0.6) is 0 Å². The van der Waals surface area contributed by atoms with E-state index in [2.05, 4.69) is 20.6 Å². The number of rotatable bonds is 5. The van der Waals surface area contributed by atoms with Crippen molar-refractivity contribution < 1.29 is 22.8 Å². The molecule has 7 nitrogen and oxygen atoms in total. The van der Waals surface area contributed by atoms with Crippen LogP contribution in [0.25, 0.3) is 0 Å². The van der Waals surface area contributed by atoms with Crippen LogP contribution in [0, 0.1) is 5.92 Å². The van der Waals surface area contributed by atoms with Crippen molar-refractivity contribution in [1.29, 1.82) is 0 Å². The van der Waals surface area contributed by atoms with E-state index in [0.29, 0.717) is 37.3 Å². The average Bonchev–Trinajstić information content (AvgIpc) is 2.72. The average molecular weight is 482 g/mol. The summed E-state index contributed by atoms with van der Waals surface area (Å²) in [6.07, 6.45) is 1.89. The molecule has 2 aromatic rings. The van der Waals surface area contributed by atoms with Crippen LogP contribution in [0.4, 0.5) is 24.8 Å². The maximum absolute atomic E-state index is 12.9. The van der Waals surface area contributed by atoms with Gasteiger partial charge in [0, 0.05) is 43.0 Å². The first-order valence-corrected chi connectivity index (χ1v) is 11.1. The van der Waals surface area contributed by atoms with E-state index >= 15 is 0 Å². The first-order valence-electron chi connectivity index (χ1n) is 10.8. The number of pyridine rings is 2. The van der Waals surface area contributed by atoms with Gasteiger partial charge in [0.25, 0.3) is 5.91 Å². The molecule has 33 heavy (non-hydrogen) atoms. The number of nitrogens with zero attached hydrogens (tertiary/aromatic N) is 3. The van der Waals surface area contributed by atoms with E-state index in [0.717, 1.165) is 31.5 Å². The second-order valence-electron chi connectivity index (χ2n) is 8.33. The Balaban J connectivity index is 1.39. The van der Waals surface area contributed by atoms with E-state index in [9.17, 15) is 22.8 Å². The Bertz CT molecular complexity index is 1040. The Kier molecular flexibility index (Phi) is 6.73. The molecule has 2 amide bonds. The molecule has 1 saturated heterocycles. The van der Waals surface area contributed by atoms with Crippen LogP contribution in [0.2, 0.25) is 5.02 Å². The highest BCUT2D eigenvalue weighted by Gasteiger charge is 2.33. The van der Waals surface area contributed by atoms with E-state index in [-0.39, 0.29) is 34.6 Å². The number of carbonyl (C=O) groups is 2. The van der Waals surface area contributed by atoms with Crippen LogP contribution >= 0.6 is 11.6 Å². The predicted octanol–water partition coefficient (Wildman–Crippen LogP) is 4.29. The Morgan fingerprint density at radius 2 is 1.91 bits per heavy atom. The van der Waals surface area contributed by atoms with Gasteiger partial charge in [0.2, 0.25) is 5.91 Å². The molecule has 1 aliphatic heterocycles. The maximum atomic E-state index is 12.9. The molecule has 11 heteroatoms. The molecule has 0 bridgehead atoms. The standard InChI is InChI=1S/C22H23ClF3N5O2/c23-17-10-15(22(24,25)26)11-28-19(17)31-8-2-5-16(12-31)29-21(33)14-6-7-27-18(9-14)30-20(32)13-3-1-4-13/h6-7,9-11,13,16H,1-5,8,12H2,(H,29,33)(H,27,30,32). The molecule has 2 fully saturated rings. The van der Waals surface area contributed by atoms with Gasteiger partial charge >= 0.3 is 6.18 Å². The highest BCUT2D eigenvalue weighted by Crippen LogP contribution is 2.34. The zero-order valence-corrected chi connectivity index (χ0v) is 18.4. The van der Waals surface area contributed by atoms with E-state index < -0.39 is 11.7 Å². The van der Waals surface area contributed by atoms with E-state index in [1.807, 2.05) is 0 Å². The number of alkyl halides is 3. The number of amides is 2. The number of anilines is 2. The molecule has 1 atom stereocenters. The van der Waals surface area contributed by atoms with Crippen molar-refractivity contribution in [2.45, 2.75) is 44.3 Å². The summed E-state index contributed by atoms with van der Waals surface area (Å²) in [5.41, 5.74) is -0.548. The molecule has 0 radical (unpaired) electrons. The molecule has 0 spiro atoms. The van der Waals surface area contributed by atoms with Gasteiger partial charge in [-0.2, -0.15) is 13.2 Å². The fraction of sp³-hybridized carbons (Fsp3) is 0.455. The number of hydrogen-bond donors (Lipinski definition) is 2. The molecule has 2 N–H and O–H groups in total. The third kappa shape index (κ3) is 5.55. The van der Waals surface area contributed by atoms with Crippen LogP contribution < -0.4 is 15.5 Å². The summed E-state index contributed by atoms with van der Waals surface area (Å²) in [6, 6.07) is 3.71. The highest BCUT2D eigenvalue weighted by atomic mass is 35.5. The number of aromatic nitrogens is 2. The fourth-order valence-electron chi connectivity index (χ4n) is 3.91. The summed E-state index contributed by atoms with van der Waals surface area (Å²) < 4.78 is 38.6. The lowest BCUT2D eigenvalue weighted by molar-refractivity contribution is -0.137. The van der Waals surface area contributed by atoms with Gasteiger partial charge in [0.1, 0.15) is 11.6 Å². The first-order chi connectivity index (χ1) is 15.7. The largest absolute Gasteiger partial charge is 0.417 e. The second kappa shape index (κ2) is 9.54. The Hall–Kier alpha value is -2.88. The summed E-state index contributed by atoms with van der Waals surface area (Å²) in [6.45, 7) is 0.928. The molecule has 2 aromatic heterocycles. The lowest BCUT2D eigenvalue weighted by atomic mass is 9.85. The number of carbonyl (C=O) groups excluding carboxylic acids is 2. The minimum atomic E-state index is -4.52.